The summed E-state index contributed by atoms with van der Waals surface area (Å²) in [5.74, 6) is 0.139. The van der Waals surface area contributed by atoms with E-state index in [0.29, 0.717) is 6.04 Å². The molecule has 0 aromatic rings. The molecule has 0 bridgehead atoms. The van der Waals surface area contributed by atoms with Gasteiger partial charge in [0.25, 0.3) is 0 Å². The number of hydrogen-bond acceptors (Lipinski definition) is 2. The molecule has 1 aliphatic carbocycles. The van der Waals surface area contributed by atoms with Crippen LogP contribution in [0.15, 0.2) is 0 Å². The summed E-state index contributed by atoms with van der Waals surface area (Å²) in [5, 5.41) is 0. The van der Waals surface area contributed by atoms with Gasteiger partial charge in [-0.1, -0.05) is 0 Å². The molecule has 1 spiro atoms. The summed E-state index contributed by atoms with van der Waals surface area (Å²) in [6.45, 7) is 6.00. The van der Waals surface area contributed by atoms with Crippen LogP contribution in [0.1, 0.15) is 40.0 Å². The Bertz CT molecular complexity index is 254. The topological polar surface area (TPSA) is 46.3 Å². The van der Waals surface area contributed by atoms with E-state index in [-0.39, 0.29) is 11.4 Å². The van der Waals surface area contributed by atoms with Crippen LogP contribution in [0, 0.1) is 0 Å². The summed E-state index contributed by atoms with van der Waals surface area (Å²) in [5.41, 5.74) is 5.51. The highest BCUT2D eigenvalue weighted by molar-refractivity contribution is 5.90. The van der Waals surface area contributed by atoms with Crippen molar-refractivity contribution in [3.63, 3.8) is 0 Å². The molecule has 1 saturated heterocycles. The van der Waals surface area contributed by atoms with Gasteiger partial charge in [-0.2, -0.15) is 0 Å². The SMILES string of the molecule is CC(C)N1C(=O)C(C)(N)CC12CC2. The van der Waals surface area contributed by atoms with Gasteiger partial charge in [-0.05, 0) is 40.0 Å². The Balaban J connectivity index is 2.31. The minimum absolute atomic E-state index is 0.139. The third-order valence-corrected chi connectivity index (χ3v) is 3.26. The van der Waals surface area contributed by atoms with E-state index in [2.05, 4.69) is 13.8 Å². The molecule has 1 heterocycles. The monoisotopic (exact) mass is 182 g/mol. The average Bonchev–Trinajstić information content (AvgIpc) is 2.62. The number of likely N-dealkylation sites (tertiary alicyclic amines) is 1. The number of nitrogens with zero attached hydrogens (tertiary/aromatic N) is 1. The van der Waals surface area contributed by atoms with E-state index in [1.807, 2.05) is 11.8 Å². The lowest BCUT2D eigenvalue weighted by Gasteiger charge is -2.28. The van der Waals surface area contributed by atoms with Gasteiger partial charge < -0.3 is 10.6 Å². The third kappa shape index (κ3) is 1.10. The van der Waals surface area contributed by atoms with E-state index in [4.69, 9.17) is 5.73 Å². The number of nitrogens with two attached hydrogens (primary N) is 1. The quantitative estimate of drug-likeness (QED) is 0.654. The molecule has 1 amide bonds. The molecular formula is C10H18N2O. The van der Waals surface area contributed by atoms with Crippen molar-refractivity contribution >= 4 is 5.91 Å². The molecule has 2 N–H and O–H groups in total. The highest BCUT2D eigenvalue weighted by Crippen LogP contribution is 2.53. The van der Waals surface area contributed by atoms with Gasteiger partial charge in [0.15, 0.2) is 0 Å². The van der Waals surface area contributed by atoms with Crippen molar-refractivity contribution in [3.8, 4) is 0 Å². The van der Waals surface area contributed by atoms with E-state index in [1.165, 1.54) is 0 Å². The fourth-order valence-electron chi connectivity index (χ4n) is 2.68. The Hall–Kier alpha value is -0.570. The van der Waals surface area contributed by atoms with Gasteiger partial charge in [-0.15, -0.1) is 0 Å². The first-order valence-corrected chi connectivity index (χ1v) is 5.02. The highest BCUT2D eigenvalue weighted by Gasteiger charge is 2.62. The Labute approximate surface area is 79.3 Å². The van der Waals surface area contributed by atoms with Crippen molar-refractivity contribution in [2.24, 2.45) is 5.73 Å². The molecule has 74 valence electrons. The number of hydrogen-bond donors (Lipinski definition) is 1. The molecule has 0 aromatic carbocycles. The van der Waals surface area contributed by atoms with E-state index >= 15 is 0 Å². The first-order valence-electron chi connectivity index (χ1n) is 5.02. The third-order valence-electron chi connectivity index (χ3n) is 3.26. The second-order valence-corrected chi connectivity index (χ2v) is 5.09. The second-order valence-electron chi connectivity index (χ2n) is 5.09. The molecule has 1 unspecified atom stereocenters. The lowest BCUT2D eigenvalue weighted by atomic mass is 9.98. The molecule has 0 radical (unpaired) electrons. The first kappa shape index (κ1) is 9.00. The highest BCUT2D eigenvalue weighted by atomic mass is 16.2. The van der Waals surface area contributed by atoms with Crippen LogP contribution in [0.5, 0.6) is 0 Å². The van der Waals surface area contributed by atoms with Gasteiger partial charge in [-0.3, -0.25) is 4.79 Å². The van der Waals surface area contributed by atoms with Gasteiger partial charge >= 0.3 is 0 Å². The first-order chi connectivity index (χ1) is 5.89. The van der Waals surface area contributed by atoms with Crippen LogP contribution in [-0.4, -0.2) is 27.9 Å². The van der Waals surface area contributed by atoms with Crippen molar-refractivity contribution < 1.29 is 4.79 Å². The summed E-state index contributed by atoms with van der Waals surface area (Å²) in [6.07, 6.45) is 3.13. The van der Waals surface area contributed by atoms with Crippen LogP contribution >= 0.6 is 0 Å². The van der Waals surface area contributed by atoms with E-state index < -0.39 is 5.54 Å². The largest absolute Gasteiger partial charge is 0.333 e. The average molecular weight is 182 g/mol. The Morgan fingerprint density at radius 3 is 2.31 bits per heavy atom. The summed E-state index contributed by atoms with van der Waals surface area (Å²) >= 11 is 0. The van der Waals surface area contributed by atoms with Gasteiger partial charge in [0.1, 0.15) is 0 Å². The standard InChI is InChI=1S/C10H18N2O/c1-7(2)12-8(13)9(3,11)6-10(12)4-5-10/h7H,4-6,11H2,1-3H3. The summed E-state index contributed by atoms with van der Waals surface area (Å²) in [6, 6.07) is 0.292. The minimum atomic E-state index is -0.610. The zero-order valence-corrected chi connectivity index (χ0v) is 8.63. The fraction of sp³-hybridized carbons (Fsp3) is 0.900. The molecule has 2 aliphatic rings. The molecule has 2 fully saturated rings. The molecule has 3 heteroatoms. The Morgan fingerprint density at radius 1 is 1.46 bits per heavy atom. The summed E-state index contributed by atoms with van der Waals surface area (Å²) in [7, 11) is 0. The Morgan fingerprint density at radius 2 is 2.00 bits per heavy atom. The van der Waals surface area contributed by atoms with Crippen LogP contribution in [0.4, 0.5) is 0 Å². The number of carbonyl (C=O) groups is 1. The van der Waals surface area contributed by atoms with E-state index in [0.717, 1.165) is 19.3 Å². The number of amides is 1. The van der Waals surface area contributed by atoms with Crippen molar-refractivity contribution in [2.45, 2.75) is 57.2 Å². The Kier molecular flexibility index (Phi) is 1.57. The van der Waals surface area contributed by atoms with E-state index in [9.17, 15) is 4.79 Å². The van der Waals surface area contributed by atoms with Gasteiger partial charge in [0.05, 0.1) is 5.54 Å². The smallest absolute Gasteiger partial charge is 0.243 e. The zero-order valence-electron chi connectivity index (χ0n) is 8.63. The molecule has 1 aliphatic heterocycles. The van der Waals surface area contributed by atoms with Crippen LogP contribution in [-0.2, 0) is 4.79 Å². The van der Waals surface area contributed by atoms with Crippen molar-refractivity contribution in [1.82, 2.24) is 4.90 Å². The van der Waals surface area contributed by atoms with Crippen LogP contribution in [0.3, 0.4) is 0 Å². The molecular weight excluding hydrogens is 164 g/mol. The second kappa shape index (κ2) is 2.27. The lowest BCUT2D eigenvalue weighted by Crippen LogP contribution is -2.47. The van der Waals surface area contributed by atoms with Crippen molar-refractivity contribution in [2.75, 3.05) is 0 Å². The van der Waals surface area contributed by atoms with Crippen molar-refractivity contribution in [1.29, 1.82) is 0 Å². The normalized spacial score (nSPS) is 36.4. The van der Waals surface area contributed by atoms with Gasteiger partial charge in [-0.25, -0.2) is 0 Å². The van der Waals surface area contributed by atoms with E-state index in [1.54, 1.807) is 0 Å². The molecule has 1 atom stereocenters. The number of rotatable bonds is 1. The van der Waals surface area contributed by atoms with Gasteiger partial charge in [0, 0.05) is 11.6 Å². The summed E-state index contributed by atoms with van der Waals surface area (Å²) in [4.78, 5) is 13.9. The van der Waals surface area contributed by atoms with Crippen LogP contribution in [0.25, 0.3) is 0 Å². The molecule has 0 aromatic heterocycles. The predicted octanol–water partition coefficient (Wildman–Crippen LogP) is 0.877. The lowest BCUT2D eigenvalue weighted by molar-refractivity contribution is -0.134. The molecule has 13 heavy (non-hydrogen) atoms. The molecule has 2 rings (SSSR count). The predicted molar refractivity (Wildman–Crippen MR) is 51.2 cm³/mol. The van der Waals surface area contributed by atoms with Crippen LogP contribution < -0.4 is 5.73 Å². The minimum Gasteiger partial charge on any atom is -0.333 e. The zero-order chi connectivity index (χ0) is 9.85. The fourth-order valence-corrected chi connectivity index (χ4v) is 2.68. The van der Waals surface area contributed by atoms with Crippen LogP contribution in [0.2, 0.25) is 0 Å². The maximum atomic E-state index is 11.9. The maximum Gasteiger partial charge on any atom is 0.243 e. The molecule has 1 saturated carbocycles. The number of carbonyl (C=O) groups excluding carboxylic acids is 1. The van der Waals surface area contributed by atoms with Gasteiger partial charge in [0.2, 0.25) is 5.91 Å². The molecule has 3 nitrogen and oxygen atoms in total. The maximum absolute atomic E-state index is 11.9. The van der Waals surface area contributed by atoms with Crippen molar-refractivity contribution in [3.05, 3.63) is 0 Å². The summed E-state index contributed by atoms with van der Waals surface area (Å²) < 4.78 is 0.